The van der Waals surface area contributed by atoms with Crippen molar-refractivity contribution in [3.63, 3.8) is 0 Å². The van der Waals surface area contributed by atoms with Crippen molar-refractivity contribution in [2.75, 3.05) is 0 Å². The quantitative estimate of drug-likeness (QED) is 0.168. The Kier molecular flexibility index (Phi) is 13.6. The Morgan fingerprint density at radius 2 is 1.23 bits per heavy atom. The lowest BCUT2D eigenvalue weighted by Crippen LogP contribution is -2.12. The average molecular weight is 426 g/mol. The molecule has 2 rings (SSSR count). The molecule has 0 aliphatic carbocycles. The molecule has 0 aliphatic heterocycles. The van der Waals surface area contributed by atoms with Crippen molar-refractivity contribution in [1.29, 1.82) is 0 Å². The summed E-state index contributed by atoms with van der Waals surface area (Å²) in [6, 6.07) is 7.63. The number of hydrogen-bond acceptors (Lipinski definition) is 3. The second-order valence-corrected chi connectivity index (χ2v) is 8.87. The van der Waals surface area contributed by atoms with Gasteiger partial charge in [0.05, 0.1) is 5.52 Å². The molecule has 0 atom stereocenters. The summed E-state index contributed by atoms with van der Waals surface area (Å²) in [4.78, 5) is 12.3. The number of unbranched alkanes of at least 4 members (excludes halogenated alkanes) is 16. The van der Waals surface area contributed by atoms with E-state index in [4.69, 9.17) is 0 Å². The molecule has 0 saturated heterocycles. The topological polar surface area (TPSA) is 47.8 Å². The standard InChI is InChI=1S/C27H43N3O/c1-2-3-4-5-6-7-8-9-10-11-12-13-14-15-16-17-18-19-24-27(31)30-26-23-21-20-22-25(26)28-29-30/h2,20-23H,1,3-19,24H2. The van der Waals surface area contributed by atoms with Crippen LogP contribution in [-0.4, -0.2) is 20.9 Å². The zero-order chi connectivity index (χ0) is 22.0. The number of nitrogens with zero attached hydrogens (tertiary/aromatic N) is 3. The van der Waals surface area contributed by atoms with E-state index in [0.717, 1.165) is 23.9 Å². The maximum Gasteiger partial charge on any atom is 0.248 e. The first-order chi connectivity index (χ1) is 15.3. The van der Waals surface area contributed by atoms with E-state index in [1.54, 1.807) is 0 Å². The third-order valence-electron chi connectivity index (χ3n) is 6.14. The van der Waals surface area contributed by atoms with Gasteiger partial charge in [0.2, 0.25) is 5.91 Å². The zero-order valence-corrected chi connectivity index (χ0v) is 19.6. The fourth-order valence-corrected chi connectivity index (χ4v) is 4.20. The van der Waals surface area contributed by atoms with Gasteiger partial charge in [0.15, 0.2) is 0 Å². The van der Waals surface area contributed by atoms with Crippen LogP contribution in [0, 0.1) is 0 Å². The van der Waals surface area contributed by atoms with Crippen LogP contribution in [0.5, 0.6) is 0 Å². The van der Waals surface area contributed by atoms with Crippen molar-refractivity contribution in [2.45, 2.75) is 116 Å². The number of benzene rings is 1. The van der Waals surface area contributed by atoms with E-state index in [1.165, 1.54) is 101 Å². The summed E-state index contributed by atoms with van der Waals surface area (Å²) in [5, 5.41) is 8.07. The summed E-state index contributed by atoms with van der Waals surface area (Å²) in [5.74, 6) is 0.0568. The minimum Gasteiger partial charge on any atom is -0.273 e. The van der Waals surface area contributed by atoms with Crippen LogP contribution in [0.1, 0.15) is 120 Å². The van der Waals surface area contributed by atoms with Gasteiger partial charge in [0.25, 0.3) is 0 Å². The highest BCUT2D eigenvalue weighted by Gasteiger charge is 2.10. The van der Waals surface area contributed by atoms with Gasteiger partial charge < -0.3 is 0 Å². The Hall–Kier alpha value is -1.97. The Labute approximate surface area is 189 Å². The van der Waals surface area contributed by atoms with Crippen LogP contribution in [-0.2, 0) is 0 Å². The highest BCUT2D eigenvalue weighted by Crippen LogP contribution is 2.15. The van der Waals surface area contributed by atoms with Crippen molar-refractivity contribution in [3.05, 3.63) is 36.9 Å². The number of aromatic nitrogens is 3. The van der Waals surface area contributed by atoms with Crippen LogP contribution >= 0.6 is 0 Å². The number of carbonyl (C=O) groups excluding carboxylic acids is 1. The maximum absolute atomic E-state index is 12.3. The Balaban J connectivity index is 1.33. The molecule has 0 bridgehead atoms. The highest BCUT2D eigenvalue weighted by molar-refractivity contribution is 5.88. The highest BCUT2D eigenvalue weighted by atomic mass is 16.2. The van der Waals surface area contributed by atoms with E-state index in [2.05, 4.69) is 16.9 Å². The number of rotatable bonds is 19. The van der Waals surface area contributed by atoms with E-state index >= 15 is 0 Å². The van der Waals surface area contributed by atoms with Crippen LogP contribution in [0.4, 0.5) is 0 Å². The van der Waals surface area contributed by atoms with Crippen molar-refractivity contribution in [1.82, 2.24) is 15.0 Å². The van der Waals surface area contributed by atoms with Gasteiger partial charge in [-0.15, -0.1) is 11.7 Å². The predicted octanol–water partition coefficient (Wildman–Crippen LogP) is 8.28. The lowest BCUT2D eigenvalue weighted by molar-refractivity contribution is 0.0886. The van der Waals surface area contributed by atoms with Gasteiger partial charge in [-0.25, -0.2) is 0 Å². The summed E-state index contributed by atoms with van der Waals surface area (Å²) in [7, 11) is 0. The SMILES string of the molecule is C=CCCCCCCCCCCCCCCCCCCC(=O)n1nnc2ccccc21. The predicted molar refractivity (Wildman–Crippen MR) is 131 cm³/mol. The minimum atomic E-state index is 0.0568. The van der Waals surface area contributed by atoms with Crippen molar-refractivity contribution >= 4 is 16.9 Å². The molecule has 0 fully saturated rings. The number of para-hydroxylation sites is 1. The summed E-state index contributed by atoms with van der Waals surface area (Å²) in [6.45, 7) is 3.78. The molecule has 2 aromatic rings. The average Bonchev–Trinajstić information content (AvgIpc) is 3.22. The van der Waals surface area contributed by atoms with Crippen molar-refractivity contribution in [2.24, 2.45) is 0 Å². The smallest absolute Gasteiger partial charge is 0.248 e. The van der Waals surface area contributed by atoms with Crippen LogP contribution in [0.15, 0.2) is 36.9 Å². The molecular weight excluding hydrogens is 382 g/mol. The zero-order valence-electron chi connectivity index (χ0n) is 19.6. The first-order valence-corrected chi connectivity index (χ1v) is 12.8. The molecule has 31 heavy (non-hydrogen) atoms. The van der Waals surface area contributed by atoms with Gasteiger partial charge in [0, 0.05) is 6.42 Å². The van der Waals surface area contributed by atoms with Gasteiger partial charge in [0.1, 0.15) is 5.52 Å². The third kappa shape index (κ3) is 10.8. The summed E-state index contributed by atoms with van der Waals surface area (Å²) >= 11 is 0. The molecule has 4 nitrogen and oxygen atoms in total. The summed E-state index contributed by atoms with van der Waals surface area (Å²) in [6.07, 6.45) is 25.1. The fraction of sp³-hybridized carbons (Fsp3) is 0.667. The Bertz CT molecular complexity index is 737. The van der Waals surface area contributed by atoms with E-state index in [9.17, 15) is 4.79 Å². The fourth-order valence-electron chi connectivity index (χ4n) is 4.20. The molecule has 4 heteroatoms. The van der Waals surface area contributed by atoms with Crippen LogP contribution in [0.2, 0.25) is 0 Å². The molecule has 0 unspecified atom stereocenters. The number of hydrogen-bond donors (Lipinski definition) is 0. The van der Waals surface area contributed by atoms with Crippen LogP contribution < -0.4 is 0 Å². The molecule has 0 radical (unpaired) electrons. The van der Waals surface area contributed by atoms with Gasteiger partial charge in [-0.1, -0.05) is 113 Å². The second kappa shape index (κ2) is 16.7. The van der Waals surface area contributed by atoms with E-state index in [1.807, 2.05) is 30.3 Å². The van der Waals surface area contributed by atoms with E-state index in [0.29, 0.717) is 6.42 Å². The molecule has 172 valence electrons. The molecular formula is C27H43N3O. The first-order valence-electron chi connectivity index (χ1n) is 12.8. The second-order valence-electron chi connectivity index (χ2n) is 8.87. The monoisotopic (exact) mass is 425 g/mol. The minimum absolute atomic E-state index is 0.0568. The normalized spacial score (nSPS) is 11.2. The van der Waals surface area contributed by atoms with Gasteiger partial charge in [-0.3, -0.25) is 4.79 Å². The molecule has 1 aromatic carbocycles. The molecule has 1 heterocycles. The molecule has 0 saturated carbocycles. The van der Waals surface area contributed by atoms with Crippen molar-refractivity contribution < 1.29 is 4.79 Å². The Morgan fingerprint density at radius 3 is 1.77 bits per heavy atom. The van der Waals surface area contributed by atoms with Crippen LogP contribution in [0.25, 0.3) is 11.0 Å². The number of carbonyl (C=O) groups is 1. The van der Waals surface area contributed by atoms with E-state index in [-0.39, 0.29) is 5.91 Å². The first kappa shape index (κ1) is 25.3. The summed E-state index contributed by atoms with van der Waals surface area (Å²) < 4.78 is 1.46. The third-order valence-corrected chi connectivity index (χ3v) is 6.14. The molecule has 0 amide bonds. The van der Waals surface area contributed by atoms with Gasteiger partial charge in [-0.2, -0.15) is 4.68 Å². The summed E-state index contributed by atoms with van der Waals surface area (Å²) in [5.41, 5.74) is 1.59. The number of allylic oxidation sites excluding steroid dienone is 1. The van der Waals surface area contributed by atoms with Crippen molar-refractivity contribution in [3.8, 4) is 0 Å². The molecule has 0 aliphatic rings. The van der Waals surface area contributed by atoms with Gasteiger partial charge >= 0.3 is 0 Å². The maximum atomic E-state index is 12.3. The lowest BCUT2D eigenvalue weighted by atomic mass is 10.0. The Morgan fingerprint density at radius 1 is 0.742 bits per heavy atom. The lowest BCUT2D eigenvalue weighted by Gasteiger charge is -2.04. The number of fused-ring (bicyclic) bond motifs is 1. The van der Waals surface area contributed by atoms with E-state index < -0.39 is 0 Å². The van der Waals surface area contributed by atoms with Gasteiger partial charge in [-0.05, 0) is 31.4 Å². The molecule has 1 aromatic heterocycles. The largest absolute Gasteiger partial charge is 0.273 e. The van der Waals surface area contributed by atoms with Crippen LogP contribution in [0.3, 0.4) is 0 Å². The molecule has 0 spiro atoms. The molecule has 0 N–H and O–H groups in total.